The average molecular weight is 210 g/mol. The summed E-state index contributed by atoms with van der Waals surface area (Å²) in [5, 5.41) is 12.8. The molecule has 2 N–H and O–H groups in total. The first-order valence-electron chi connectivity index (χ1n) is 4.78. The van der Waals surface area contributed by atoms with Crippen LogP contribution in [-0.2, 0) is 0 Å². The summed E-state index contributed by atoms with van der Waals surface area (Å²) in [5.41, 5.74) is 0. The van der Waals surface area contributed by atoms with Crippen molar-refractivity contribution in [1.29, 1.82) is 0 Å². The Kier molecular flexibility index (Phi) is 3.39. The van der Waals surface area contributed by atoms with E-state index in [0.29, 0.717) is 5.92 Å². The van der Waals surface area contributed by atoms with Gasteiger partial charge in [-0.05, 0) is 12.1 Å². The molecule has 1 aromatic rings. The number of aliphatic hydroxyl groups is 1. The van der Waals surface area contributed by atoms with E-state index in [-0.39, 0.29) is 6.10 Å². The molecule has 4 heteroatoms. The minimum Gasteiger partial charge on any atom is -0.391 e. The number of thioether (sulfide) groups is 1. The Hall–Kier alpha value is -0.580. The zero-order chi connectivity index (χ0) is 9.80. The minimum atomic E-state index is -0.177. The summed E-state index contributed by atoms with van der Waals surface area (Å²) >= 11 is 1.78. The zero-order valence-electron chi connectivity index (χ0n) is 7.89. The Morgan fingerprint density at radius 2 is 2.21 bits per heavy atom. The van der Waals surface area contributed by atoms with E-state index in [0.717, 1.165) is 18.8 Å². The maximum absolute atomic E-state index is 9.58. The summed E-state index contributed by atoms with van der Waals surface area (Å²) in [4.78, 5) is 5.19. The van der Waals surface area contributed by atoms with Crippen LogP contribution < -0.4 is 5.32 Å². The lowest BCUT2D eigenvalue weighted by Crippen LogP contribution is -2.19. The van der Waals surface area contributed by atoms with E-state index in [9.17, 15) is 5.11 Å². The van der Waals surface area contributed by atoms with Gasteiger partial charge in [-0.3, -0.25) is 4.98 Å². The van der Waals surface area contributed by atoms with Crippen LogP contribution in [0.5, 0.6) is 0 Å². The molecule has 14 heavy (non-hydrogen) atoms. The number of hydrogen-bond donors (Lipinski definition) is 2. The van der Waals surface area contributed by atoms with Gasteiger partial charge in [0.1, 0.15) is 0 Å². The van der Waals surface area contributed by atoms with Crippen LogP contribution in [0.3, 0.4) is 0 Å². The molecule has 1 saturated heterocycles. The Morgan fingerprint density at radius 3 is 2.86 bits per heavy atom. The van der Waals surface area contributed by atoms with Crippen LogP contribution in [0.15, 0.2) is 29.4 Å². The summed E-state index contributed by atoms with van der Waals surface area (Å²) in [6.07, 6.45) is 3.42. The van der Waals surface area contributed by atoms with Crippen molar-refractivity contribution >= 4 is 11.8 Å². The number of nitrogens with zero attached hydrogens (tertiary/aromatic N) is 1. The third kappa shape index (κ3) is 2.47. The van der Waals surface area contributed by atoms with Crippen molar-refractivity contribution < 1.29 is 5.11 Å². The highest BCUT2D eigenvalue weighted by molar-refractivity contribution is 7.99. The maximum atomic E-state index is 9.58. The Labute approximate surface area is 87.9 Å². The van der Waals surface area contributed by atoms with Crippen LogP contribution in [-0.4, -0.2) is 35.0 Å². The predicted octanol–water partition coefficient (Wildman–Crippen LogP) is 0.754. The quantitative estimate of drug-likeness (QED) is 0.723. The van der Waals surface area contributed by atoms with E-state index in [2.05, 4.69) is 10.3 Å². The third-order valence-electron chi connectivity index (χ3n) is 2.42. The summed E-state index contributed by atoms with van der Waals surface area (Å²) in [6, 6.07) is 4.00. The van der Waals surface area contributed by atoms with Crippen LogP contribution in [0.4, 0.5) is 0 Å². The van der Waals surface area contributed by atoms with Crippen LogP contribution in [0.1, 0.15) is 0 Å². The first kappa shape index (κ1) is 9.96. The van der Waals surface area contributed by atoms with Crippen molar-refractivity contribution in [1.82, 2.24) is 10.3 Å². The number of pyridine rings is 1. The van der Waals surface area contributed by atoms with Gasteiger partial charge >= 0.3 is 0 Å². The fraction of sp³-hybridized carbons (Fsp3) is 0.500. The van der Waals surface area contributed by atoms with Gasteiger partial charge in [-0.25, -0.2) is 0 Å². The highest BCUT2D eigenvalue weighted by atomic mass is 32.2. The standard InChI is InChI=1S/C10H14N2OS/c13-10-6-12-5-8(10)7-14-9-1-3-11-4-2-9/h1-4,8,10,12-13H,5-7H2. The molecule has 1 aliphatic heterocycles. The van der Waals surface area contributed by atoms with Crippen LogP contribution >= 0.6 is 11.8 Å². The average Bonchev–Trinajstić information content (AvgIpc) is 2.63. The van der Waals surface area contributed by atoms with Crippen molar-refractivity contribution in [3.8, 4) is 0 Å². The predicted molar refractivity (Wildman–Crippen MR) is 57.3 cm³/mol. The Bertz CT molecular complexity index is 281. The second-order valence-corrected chi connectivity index (χ2v) is 4.57. The van der Waals surface area contributed by atoms with E-state index in [1.165, 1.54) is 4.90 Å². The van der Waals surface area contributed by atoms with Gasteiger partial charge in [0.2, 0.25) is 0 Å². The van der Waals surface area contributed by atoms with Crippen molar-refractivity contribution in [3.63, 3.8) is 0 Å². The number of rotatable bonds is 3. The molecule has 0 aromatic carbocycles. The fourth-order valence-corrected chi connectivity index (χ4v) is 2.59. The van der Waals surface area contributed by atoms with Gasteiger partial charge in [-0.1, -0.05) is 0 Å². The number of β-amino-alcohol motifs (C(OH)–C–C–N with tert-alkyl or cyclic N) is 1. The molecule has 2 heterocycles. The molecule has 0 spiro atoms. The Morgan fingerprint density at radius 1 is 1.43 bits per heavy atom. The van der Waals surface area contributed by atoms with E-state index >= 15 is 0 Å². The molecule has 76 valence electrons. The molecule has 0 bridgehead atoms. The molecule has 3 nitrogen and oxygen atoms in total. The first-order valence-corrected chi connectivity index (χ1v) is 5.76. The number of hydrogen-bond acceptors (Lipinski definition) is 4. The van der Waals surface area contributed by atoms with Crippen molar-refractivity contribution in [2.75, 3.05) is 18.8 Å². The number of aromatic nitrogens is 1. The van der Waals surface area contributed by atoms with Gasteiger partial charge in [-0.15, -0.1) is 11.8 Å². The van der Waals surface area contributed by atoms with E-state index < -0.39 is 0 Å². The largest absolute Gasteiger partial charge is 0.391 e. The lowest BCUT2D eigenvalue weighted by Gasteiger charge is -2.11. The summed E-state index contributed by atoms with van der Waals surface area (Å²) in [7, 11) is 0. The SMILES string of the molecule is OC1CNCC1CSc1ccncc1. The molecule has 0 amide bonds. The van der Waals surface area contributed by atoms with Gasteiger partial charge in [0.05, 0.1) is 6.10 Å². The van der Waals surface area contributed by atoms with Gasteiger partial charge < -0.3 is 10.4 Å². The molecule has 1 fully saturated rings. The van der Waals surface area contributed by atoms with E-state index in [1.54, 1.807) is 24.2 Å². The molecule has 0 radical (unpaired) electrons. The minimum absolute atomic E-state index is 0.177. The van der Waals surface area contributed by atoms with Gasteiger partial charge in [-0.2, -0.15) is 0 Å². The van der Waals surface area contributed by atoms with Crippen LogP contribution in [0.2, 0.25) is 0 Å². The monoisotopic (exact) mass is 210 g/mol. The van der Waals surface area contributed by atoms with Crippen LogP contribution in [0.25, 0.3) is 0 Å². The van der Waals surface area contributed by atoms with Gasteiger partial charge in [0, 0.05) is 42.0 Å². The maximum Gasteiger partial charge on any atom is 0.0712 e. The molecule has 1 aromatic heterocycles. The zero-order valence-corrected chi connectivity index (χ0v) is 8.70. The lowest BCUT2D eigenvalue weighted by molar-refractivity contribution is 0.158. The van der Waals surface area contributed by atoms with Crippen LogP contribution in [0, 0.1) is 5.92 Å². The normalized spacial score (nSPS) is 26.6. The molecule has 2 atom stereocenters. The number of nitrogens with one attached hydrogen (secondary N) is 1. The first-order chi connectivity index (χ1) is 6.86. The van der Waals surface area contributed by atoms with Gasteiger partial charge in [0.15, 0.2) is 0 Å². The molecular formula is C10H14N2OS. The Balaban J connectivity index is 1.82. The molecular weight excluding hydrogens is 196 g/mol. The van der Waals surface area contributed by atoms with Crippen molar-refractivity contribution in [3.05, 3.63) is 24.5 Å². The van der Waals surface area contributed by atoms with Crippen molar-refractivity contribution in [2.24, 2.45) is 5.92 Å². The third-order valence-corrected chi connectivity index (χ3v) is 3.62. The molecule has 0 aliphatic carbocycles. The summed E-state index contributed by atoms with van der Waals surface area (Å²) in [6.45, 7) is 1.67. The molecule has 0 saturated carbocycles. The van der Waals surface area contributed by atoms with Gasteiger partial charge in [0.25, 0.3) is 0 Å². The fourth-order valence-electron chi connectivity index (χ4n) is 1.53. The second-order valence-electron chi connectivity index (χ2n) is 3.48. The molecule has 1 aliphatic rings. The molecule has 2 rings (SSSR count). The highest BCUT2D eigenvalue weighted by Crippen LogP contribution is 2.22. The highest BCUT2D eigenvalue weighted by Gasteiger charge is 2.24. The van der Waals surface area contributed by atoms with Crippen molar-refractivity contribution in [2.45, 2.75) is 11.0 Å². The number of aliphatic hydroxyl groups excluding tert-OH is 1. The summed E-state index contributed by atoms with van der Waals surface area (Å²) < 4.78 is 0. The van der Waals surface area contributed by atoms with E-state index in [4.69, 9.17) is 0 Å². The molecule has 2 unspecified atom stereocenters. The second kappa shape index (κ2) is 4.77. The van der Waals surface area contributed by atoms with E-state index in [1.807, 2.05) is 12.1 Å². The smallest absolute Gasteiger partial charge is 0.0712 e. The summed E-state index contributed by atoms with van der Waals surface area (Å²) in [5.74, 6) is 1.35. The topological polar surface area (TPSA) is 45.1 Å². The lowest BCUT2D eigenvalue weighted by atomic mass is 10.1.